The van der Waals surface area contributed by atoms with Crippen molar-refractivity contribution in [3.05, 3.63) is 0 Å². The fourth-order valence-electron chi connectivity index (χ4n) is 4.29. The van der Waals surface area contributed by atoms with E-state index in [1.54, 1.807) is 0 Å². The topological polar surface area (TPSA) is 64.1 Å². The maximum absolute atomic E-state index is 12.5. The van der Waals surface area contributed by atoms with Crippen LogP contribution in [0, 0.1) is 5.92 Å². The van der Waals surface area contributed by atoms with E-state index in [4.69, 9.17) is 5.11 Å². The summed E-state index contributed by atoms with van der Waals surface area (Å²) < 4.78 is 0. The Kier molecular flexibility index (Phi) is 10.5. The molecule has 0 aromatic carbocycles. The largest absolute Gasteiger partial charge is 0.480 e. The molecule has 1 N–H and O–H groups in total. The third-order valence-electron chi connectivity index (χ3n) is 5.86. The fourth-order valence-corrected chi connectivity index (χ4v) is 4.29. The number of halogens is 1. The molecule has 6 nitrogen and oxygen atoms in total. The van der Waals surface area contributed by atoms with Crippen molar-refractivity contribution in [2.24, 2.45) is 5.92 Å². The lowest BCUT2D eigenvalue weighted by Gasteiger charge is -2.37. The van der Waals surface area contributed by atoms with Gasteiger partial charge in [0.2, 0.25) is 5.91 Å². The summed E-state index contributed by atoms with van der Waals surface area (Å²) in [4.78, 5) is 29.6. The van der Waals surface area contributed by atoms with Crippen molar-refractivity contribution >= 4 is 24.3 Å². The third-order valence-corrected chi connectivity index (χ3v) is 5.86. The highest BCUT2D eigenvalue weighted by Crippen LogP contribution is 2.24. The number of likely N-dealkylation sites (N-methyl/N-ethyl adjacent to an activating group) is 2. The van der Waals surface area contributed by atoms with Crippen molar-refractivity contribution in [1.82, 2.24) is 14.7 Å². The summed E-state index contributed by atoms with van der Waals surface area (Å²) in [6.45, 7) is 6.05. The number of carbonyl (C=O) groups excluding carboxylic acids is 1. The minimum absolute atomic E-state index is 0. The lowest BCUT2D eigenvalue weighted by Crippen LogP contribution is -2.49. The van der Waals surface area contributed by atoms with Gasteiger partial charge < -0.3 is 10.0 Å². The minimum Gasteiger partial charge on any atom is -0.480 e. The molecule has 0 aromatic heterocycles. The average Bonchev–Trinajstić information content (AvgIpc) is 2.61. The number of amides is 1. The van der Waals surface area contributed by atoms with Gasteiger partial charge in [0.1, 0.15) is 0 Å². The van der Waals surface area contributed by atoms with Gasteiger partial charge in [-0.15, -0.1) is 12.4 Å². The van der Waals surface area contributed by atoms with E-state index >= 15 is 0 Å². The summed E-state index contributed by atoms with van der Waals surface area (Å²) in [6, 6.07) is 0.326. The molecule has 0 bridgehead atoms. The Hall–Kier alpha value is -0.850. The monoisotopic (exact) mass is 389 g/mol. The van der Waals surface area contributed by atoms with E-state index in [1.807, 2.05) is 23.8 Å². The van der Waals surface area contributed by atoms with Gasteiger partial charge in [0.15, 0.2) is 0 Å². The molecular formula is C19H36ClN3O3. The molecule has 1 heterocycles. The van der Waals surface area contributed by atoms with Crippen molar-refractivity contribution in [2.75, 3.05) is 46.3 Å². The van der Waals surface area contributed by atoms with Crippen LogP contribution < -0.4 is 0 Å². The molecule has 2 fully saturated rings. The van der Waals surface area contributed by atoms with Crippen LogP contribution in [0.25, 0.3) is 0 Å². The van der Waals surface area contributed by atoms with E-state index in [0.29, 0.717) is 18.5 Å². The zero-order valence-electron chi connectivity index (χ0n) is 16.4. The van der Waals surface area contributed by atoms with Crippen molar-refractivity contribution < 1.29 is 14.7 Å². The van der Waals surface area contributed by atoms with Gasteiger partial charge >= 0.3 is 5.97 Å². The molecule has 0 spiro atoms. The molecule has 1 aliphatic carbocycles. The van der Waals surface area contributed by atoms with Gasteiger partial charge in [-0.25, -0.2) is 0 Å². The number of carboxylic acids is 1. The van der Waals surface area contributed by atoms with E-state index < -0.39 is 5.97 Å². The normalized spacial score (nSPS) is 20.0. The molecule has 1 amide bonds. The summed E-state index contributed by atoms with van der Waals surface area (Å²) >= 11 is 0. The highest BCUT2D eigenvalue weighted by Gasteiger charge is 2.27. The number of likely N-dealkylation sites (tertiary alicyclic amines) is 1. The fraction of sp³-hybridized carbons (Fsp3) is 0.895. The first-order chi connectivity index (χ1) is 12.0. The number of hydrogen-bond donors (Lipinski definition) is 1. The summed E-state index contributed by atoms with van der Waals surface area (Å²) in [5.41, 5.74) is 0. The molecule has 0 radical (unpaired) electrons. The smallest absolute Gasteiger partial charge is 0.317 e. The zero-order valence-corrected chi connectivity index (χ0v) is 17.2. The van der Waals surface area contributed by atoms with Gasteiger partial charge in [0.25, 0.3) is 0 Å². The molecule has 0 atom stereocenters. The van der Waals surface area contributed by atoms with Crippen LogP contribution in [0.15, 0.2) is 0 Å². The van der Waals surface area contributed by atoms with Gasteiger partial charge in [0.05, 0.1) is 13.1 Å². The van der Waals surface area contributed by atoms with Gasteiger partial charge in [-0.05, 0) is 38.1 Å². The first-order valence-corrected chi connectivity index (χ1v) is 9.91. The summed E-state index contributed by atoms with van der Waals surface area (Å²) in [5, 5.41) is 9.01. The second kappa shape index (κ2) is 11.8. The van der Waals surface area contributed by atoms with E-state index in [9.17, 15) is 9.59 Å². The Morgan fingerprint density at radius 3 is 2.23 bits per heavy atom. The predicted octanol–water partition coefficient (Wildman–Crippen LogP) is 2.32. The second-order valence-electron chi connectivity index (χ2n) is 7.74. The number of nitrogens with zero attached hydrogens (tertiary/aromatic N) is 3. The lowest BCUT2D eigenvalue weighted by molar-refractivity contribution is -0.139. The summed E-state index contributed by atoms with van der Waals surface area (Å²) in [5.74, 6) is 0.147. The first kappa shape index (κ1) is 23.2. The number of hydrogen-bond acceptors (Lipinski definition) is 4. The van der Waals surface area contributed by atoms with Crippen LogP contribution in [-0.2, 0) is 9.59 Å². The highest BCUT2D eigenvalue weighted by molar-refractivity contribution is 5.85. The second-order valence-corrected chi connectivity index (χ2v) is 7.74. The molecule has 0 aromatic rings. The molecule has 2 rings (SSSR count). The van der Waals surface area contributed by atoms with Crippen molar-refractivity contribution in [2.45, 2.75) is 57.9 Å². The number of rotatable bonds is 8. The van der Waals surface area contributed by atoms with E-state index in [2.05, 4.69) is 4.90 Å². The number of carboxylic acid groups (broad SMARTS) is 1. The van der Waals surface area contributed by atoms with Gasteiger partial charge in [-0.3, -0.25) is 19.4 Å². The minimum atomic E-state index is -0.760. The number of aliphatic carboxylic acids is 1. The molecule has 2 aliphatic rings. The average molecular weight is 390 g/mol. The van der Waals surface area contributed by atoms with E-state index in [1.165, 1.54) is 32.1 Å². The van der Waals surface area contributed by atoms with Crippen LogP contribution in [0.4, 0.5) is 0 Å². The molecule has 152 valence electrons. The molecule has 1 saturated carbocycles. The van der Waals surface area contributed by atoms with Crippen LogP contribution in [-0.4, -0.2) is 84.0 Å². The Morgan fingerprint density at radius 2 is 1.69 bits per heavy atom. The summed E-state index contributed by atoms with van der Waals surface area (Å²) in [7, 11) is 1.94. The first-order valence-electron chi connectivity index (χ1n) is 9.91. The highest BCUT2D eigenvalue weighted by atomic mass is 35.5. The Balaban J connectivity index is 0.00000338. The van der Waals surface area contributed by atoms with Crippen LogP contribution in [0.3, 0.4) is 0 Å². The molecule has 0 unspecified atom stereocenters. The van der Waals surface area contributed by atoms with E-state index in [0.717, 1.165) is 39.0 Å². The maximum Gasteiger partial charge on any atom is 0.317 e. The standard InChI is InChI=1S/C19H35N3O3.ClH/c1-3-22(15-19(24)25)17-9-11-21(12-10-17)14-18(23)20(2)13-16-7-5-4-6-8-16;/h16-17H,3-15H2,1-2H3,(H,24,25);1H. The number of piperidine rings is 1. The van der Waals surface area contributed by atoms with E-state index in [-0.39, 0.29) is 24.9 Å². The van der Waals surface area contributed by atoms with Crippen molar-refractivity contribution in [1.29, 1.82) is 0 Å². The number of carbonyl (C=O) groups is 2. The molecule has 7 heteroatoms. The molecule has 26 heavy (non-hydrogen) atoms. The van der Waals surface area contributed by atoms with Crippen LogP contribution in [0.2, 0.25) is 0 Å². The van der Waals surface area contributed by atoms with Crippen LogP contribution in [0.1, 0.15) is 51.9 Å². The summed E-state index contributed by atoms with van der Waals surface area (Å²) in [6.07, 6.45) is 8.38. The van der Waals surface area contributed by atoms with Gasteiger partial charge in [-0.1, -0.05) is 26.2 Å². The molecule has 1 saturated heterocycles. The van der Waals surface area contributed by atoms with Crippen LogP contribution in [0.5, 0.6) is 0 Å². The van der Waals surface area contributed by atoms with Gasteiger partial charge in [0, 0.05) is 32.7 Å². The zero-order chi connectivity index (χ0) is 18.2. The predicted molar refractivity (Wildman–Crippen MR) is 106 cm³/mol. The maximum atomic E-state index is 12.5. The third kappa shape index (κ3) is 7.41. The Labute approximate surface area is 164 Å². The Morgan fingerprint density at radius 1 is 1.08 bits per heavy atom. The van der Waals surface area contributed by atoms with Gasteiger partial charge in [-0.2, -0.15) is 0 Å². The van der Waals surface area contributed by atoms with Crippen molar-refractivity contribution in [3.63, 3.8) is 0 Å². The molecular weight excluding hydrogens is 354 g/mol. The Bertz CT molecular complexity index is 436. The van der Waals surface area contributed by atoms with Crippen LogP contribution >= 0.6 is 12.4 Å². The quantitative estimate of drug-likeness (QED) is 0.690. The molecule has 1 aliphatic heterocycles. The lowest BCUT2D eigenvalue weighted by atomic mass is 9.89. The SMILES string of the molecule is CCN(CC(=O)O)C1CCN(CC(=O)N(C)CC2CCCCC2)CC1.Cl. The van der Waals surface area contributed by atoms with Crippen molar-refractivity contribution in [3.8, 4) is 0 Å².